The second-order valence-electron chi connectivity index (χ2n) is 6.63. The molecule has 0 atom stereocenters. The molecule has 1 saturated heterocycles. The molecule has 1 aromatic carbocycles. The molecule has 2 aliphatic heterocycles. The number of aryl methyl sites for hydroxylation is 1. The van der Waals surface area contributed by atoms with E-state index in [1.165, 1.54) is 9.87 Å². The Kier molecular flexibility index (Phi) is 4.52. The van der Waals surface area contributed by atoms with E-state index < -0.39 is 10.0 Å². The summed E-state index contributed by atoms with van der Waals surface area (Å²) in [7, 11) is -3.49. The highest BCUT2D eigenvalue weighted by Crippen LogP contribution is 2.31. The van der Waals surface area contributed by atoms with E-state index in [0.29, 0.717) is 25.4 Å². The molecule has 0 amide bonds. The number of benzene rings is 1. The van der Waals surface area contributed by atoms with Gasteiger partial charge in [0.1, 0.15) is 5.76 Å². The Bertz CT molecular complexity index is 872. The van der Waals surface area contributed by atoms with Gasteiger partial charge in [-0.3, -0.25) is 0 Å². The molecule has 2 aromatic rings. The van der Waals surface area contributed by atoms with Gasteiger partial charge in [-0.15, -0.1) is 0 Å². The summed E-state index contributed by atoms with van der Waals surface area (Å²) in [5.41, 5.74) is 2.38. The molecule has 0 radical (unpaired) electrons. The van der Waals surface area contributed by atoms with Crippen LogP contribution in [0, 0.1) is 0 Å². The minimum absolute atomic E-state index is 0.0535. The lowest BCUT2D eigenvalue weighted by Gasteiger charge is -2.30. The number of hydrogen-bond acceptors (Lipinski definition) is 4. The quantitative estimate of drug-likeness (QED) is 0.812. The zero-order chi connectivity index (χ0) is 17.4. The van der Waals surface area contributed by atoms with E-state index >= 15 is 0 Å². The zero-order valence-electron chi connectivity index (χ0n) is 13.9. The van der Waals surface area contributed by atoms with Crippen molar-refractivity contribution in [1.82, 2.24) is 4.31 Å². The zero-order valence-corrected chi connectivity index (χ0v) is 15.5. The summed E-state index contributed by atoms with van der Waals surface area (Å²) in [5.74, 6) is 0.667. The van der Waals surface area contributed by atoms with Crippen molar-refractivity contribution in [2.45, 2.75) is 37.3 Å². The van der Waals surface area contributed by atoms with Gasteiger partial charge < -0.3 is 9.32 Å². The summed E-state index contributed by atoms with van der Waals surface area (Å²) in [4.78, 5) is 2.22. The Hall–Kier alpha value is -1.50. The molecule has 0 unspecified atom stereocenters. The van der Waals surface area contributed by atoms with Gasteiger partial charge in [0.05, 0.1) is 6.54 Å². The maximum atomic E-state index is 12.6. The van der Waals surface area contributed by atoms with Crippen molar-refractivity contribution in [1.29, 1.82) is 0 Å². The highest BCUT2D eigenvalue weighted by atomic mass is 35.5. The van der Waals surface area contributed by atoms with E-state index in [1.807, 2.05) is 18.2 Å². The van der Waals surface area contributed by atoms with Crippen LogP contribution in [0.15, 0.2) is 39.8 Å². The molecule has 0 bridgehead atoms. The van der Waals surface area contributed by atoms with Crippen LogP contribution in [0.1, 0.15) is 30.6 Å². The van der Waals surface area contributed by atoms with Gasteiger partial charge >= 0.3 is 0 Å². The molecule has 1 aromatic heterocycles. The van der Waals surface area contributed by atoms with E-state index in [-0.39, 0.29) is 5.09 Å². The molecule has 1 fully saturated rings. The van der Waals surface area contributed by atoms with Crippen LogP contribution in [0.25, 0.3) is 0 Å². The second kappa shape index (κ2) is 6.67. The third kappa shape index (κ3) is 3.30. The molecule has 0 N–H and O–H groups in total. The molecule has 0 spiro atoms. The summed E-state index contributed by atoms with van der Waals surface area (Å²) >= 11 is 6.09. The molecule has 0 aliphatic carbocycles. The lowest BCUT2D eigenvalue weighted by atomic mass is 10.0. The minimum atomic E-state index is -3.49. The van der Waals surface area contributed by atoms with Crippen molar-refractivity contribution in [2.24, 2.45) is 0 Å². The van der Waals surface area contributed by atoms with Gasteiger partial charge in [-0.05, 0) is 61.6 Å². The van der Waals surface area contributed by atoms with Gasteiger partial charge in [-0.2, -0.15) is 4.31 Å². The summed E-state index contributed by atoms with van der Waals surface area (Å²) in [6.07, 6.45) is 3.89. The fraction of sp³-hybridized carbons (Fsp3) is 0.444. The second-order valence-corrected chi connectivity index (χ2v) is 8.94. The van der Waals surface area contributed by atoms with Crippen LogP contribution in [-0.4, -0.2) is 32.4 Å². The largest absolute Gasteiger partial charge is 0.446 e. The van der Waals surface area contributed by atoms with Crippen molar-refractivity contribution in [2.75, 3.05) is 24.5 Å². The minimum Gasteiger partial charge on any atom is -0.446 e. The monoisotopic (exact) mass is 380 g/mol. The third-order valence-electron chi connectivity index (χ3n) is 4.90. The van der Waals surface area contributed by atoms with Crippen LogP contribution >= 0.6 is 11.6 Å². The van der Waals surface area contributed by atoms with E-state index in [9.17, 15) is 8.42 Å². The number of rotatable bonds is 4. The Morgan fingerprint density at radius 2 is 1.84 bits per heavy atom. The number of hydrogen-bond donors (Lipinski definition) is 0. The highest BCUT2D eigenvalue weighted by Gasteiger charge is 2.30. The molecule has 25 heavy (non-hydrogen) atoms. The van der Waals surface area contributed by atoms with Crippen molar-refractivity contribution in [3.8, 4) is 0 Å². The molecule has 7 heteroatoms. The fourth-order valence-electron chi connectivity index (χ4n) is 3.63. The van der Waals surface area contributed by atoms with Gasteiger partial charge in [-0.25, -0.2) is 8.42 Å². The summed E-state index contributed by atoms with van der Waals surface area (Å²) in [6.45, 7) is 2.64. The van der Waals surface area contributed by atoms with E-state index in [2.05, 4.69) is 4.90 Å². The van der Waals surface area contributed by atoms with Gasteiger partial charge in [0.25, 0.3) is 10.0 Å². The Labute approximate surface area is 153 Å². The number of fused-ring (bicyclic) bond motifs is 1. The molecule has 5 nitrogen and oxygen atoms in total. The number of sulfonamides is 1. The summed E-state index contributed by atoms with van der Waals surface area (Å²) in [5, 5.41) is 0.801. The van der Waals surface area contributed by atoms with E-state index in [4.69, 9.17) is 16.0 Å². The first kappa shape index (κ1) is 16.9. The molecule has 4 rings (SSSR count). The maximum absolute atomic E-state index is 12.6. The fourth-order valence-corrected chi connectivity index (χ4v) is 5.27. The molecule has 3 heterocycles. The Morgan fingerprint density at radius 3 is 2.64 bits per heavy atom. The van der Waals surface area contributed by atoms with Crippen LogP contribution < -0.4 is 4.90 Å². The standard InChI is InChI=1S/C18H21ClN2O3S/c19-15-5-7-17-14(12-15)4-3-9-20(17)13-16-6-8-18(24-16)25(22,23)21-10-1-2-11-21/h5-8,12H,1-4,9-11,13H2. The van der Waals surface area contributed by atoms with Crippen LogP contribution in [-0.2, 0) is 23.0 Å². The smallest absolute Gasteiger partial charge is 0.276 e. The van der Waals surface area contributed by atoms with Gasteiger partial charge in [0.2, 0.25) is 5.09 Å². The normalized spacial score (nSPS) is 18.5. The predicted molar refractivity (Wildman–Crippen MR) is 97.5 cm³/mol. The molecule has 134 valence electrons. The van der Waals surface area contributed by atoms with Crippen LogP contribution in [0.5, 0.6) is 0 Å². The number of halogens is 1. The Morgan fingerprint density at radius 1 is 1.04 bits per heavy atom. The maximum Gasteiger partial charge on any atom is 0.276 e. The van der Waals surface area contributed by atoms with E-state index in [1.54, 1.807) is 12.1 Å². The average molecular weight is 381 g/mol. The lowest BCUT2D eigenvalue weighted by Crippen LogP contribution is -2.29. The summed E-state index contributed by atoms with van der Waals surface area (Å²) < 4.78 is 32.4. The highest BCUT2D eigenvalue weighted by molar-refractivity contribution is 7.89. The molecular formula is C18H21ClN2O3S. The predicted octanol–water partition coefficient (Wildman–Crippen LogP) is 3.67. The number of anilines is 1. The first-order chi connectivity index (χ1) is 12.0. The molecular weight excluding hydrogens is 360 g/mol. The van der Waals surface area contributed by atoms with Crippen LogP contribution in [0.2, 0.25) is 5.02 Å². The van der Waals surface area contributed by atoms with Crippen LogP contribution in [0.3, 0.4) is 0 Å². The van der Waals surface area contributed by atoms with Gasteiger partial charge in [-0.1, -0.05) is 11.6 Å². The topological polar surface area (TPSA) is 53.8 Å². The number of furan rings is 1. The number of nitrogens with zero attached hydrogens (tertiary/aromatic N) is 2. The summed E-state index contributed by atoms with van der Waals surface area (Å²) in [6, 6.07) is 9.28. The van der Waals surface area contributed by atoms with Crippen molar-refractivity contribution in [3.63, 3.8) is 0 Å². The van der Waals surface area contributed by atoms with E-state index in [0.717, 1.165) is 42.9 Å². The molecule has 0 saturated carbocycles. The average Bonchev–Trinajstić information content (AvgIpc) is 3.27. The first-order valence-corrected chi connectivity index (χ1v) is 10.5. The van der Waals surface area contributed by atoms with Crippen LogP contribution in [0.4, 0.5) is 5.69 Å². The molecule has 2 aliphatic rings. The van der Waals surface area contributed by atoms with Gasteiger partial charge in [0.15, 0.2) is 0 Å². The third-order valence-corrected chi connectivity index (χ3v) is 6.91. The van der Waals surface area contributed by atoms with Crippen molar-refractivity contribution in [3.05, 3.63) is 46.7 Å². The van der Waals surface area contributed by atoms with Crippen molar-refractivity contribution < 1.29 is 12.8 Å². The van der Waals surface area contributed by atoms with Gasteiger partial charge in [0, 0.05) is 30.3 Å². The van der Waals surface area contributed by atoms with Crippen molar-refractivity contribution >= 4 is 27.3 Å². The SMILES string of the molecule is O=S(=O)(c1ccc(CN2CCCc3cc(Cl)ccc32)o1)N1CCCC1. The lowest BCUT2D eigenvalue weighted by molar-refractivity contribution is 0.386. The Balaban J connectivity index is 1.54. The first-order valence-electron chi connectivity index (χ1n) is 8.66.